The van der Waals surface area contributed by atoms with Gasteiger partial charge >= 0.3 is 11.8 Å². The quantitative estimate of drug-likeness (QED) is 0.450. The summed E-state index contributed by atoms with van der Waals surface area (Å²) in [5, 5.41) is 0. The van der Waals surface area contributed by atoms with E-state index >= 15 is 0 Å². The van der Waals surface area contributed by atoms with Crippen LogP contribution in [0, 0.1) is 3.57 Å². The van der Waals surface area contributed by atoms with Crippen molar-refractivity contribution >= 4 is 40.3 Å². The summed E-state index contributed by atoms with van der Waals surface area (Å²) in [6.45, 7) is 3.27. The van der Waals surface area contributed by atoms with Crippen LogP contribution in [0.3, 0.4) is 0 Å². The first-order valence-electron chi connectivity index (χ1n) is 8.86. The lowest BCUT2D eigenvalue weighted by atomic mass is 10.3. The first-order valence-corrected chi connectivity index (χ1v) is 9.94. The Morgan fingerprint density at radius 1 is 0.852 bits per heavy atom. The maximum atomic E-state index is 12.4. The number of benzene rings is 1. The van der Waals surface area contributed by atoms with E-state index in [4.69, 9.17) is 9.47 Å². The lowest BCUT2D eigenvalue weighted by Crippen LogP contribution is -2.56. The SMILES string of the molecule is O=C(COc1ccc(I)cc1)N1CCN(C(=O)C(=O)N2CCOCC2)CC1. The lowest BCUT2D eigenvalue weighted by molar-refractivity contribution is -0.155. The first kappa shape index (κ1) is 19.9. The third-order valence-corrected chi connectivity index (χ3v) is 5.30. The van der Waals surface area contributed by atoms with Crippen LogP contribution in [0.1, 0.15) is 0 Å². The fourth-order valence-electron chi connectivity index (χ4n) is 2.96. The molecule has 0 aliphatic carbocycles. The zero-order valence-electron chi connectivity index (χ0n) is 14.9. The number of halogens is 1. The summed E-state index contributed by atoms with van der Waals surface area (Å²) in [4.78, 5) is 41.7. The largest absolute Gasteiger partial charge is 0.484 e. The molecule has 1 aromatic rings. The van der Waals surface area contributed by atoms with Gasteiger partial charge in [0.2, 0.25) is 0 Å². The van der Waals surface area contributed by atoms with Gasteiger partial charge in [-0.05, 0) is 46.9 Å². The van der Waals surface area contributed by atoms with Crippen molar-refractivity contribution in [1.82, 2.24) is 14.7 Å². The number of rotatable bonds is 3. The van der Waals surface area contributed by atoms with Crippen molar-refractivity contribution in [3.8, 4) is 5.75 Å². The highest BCUT2D eigenvalue weighted by Gasteiger charge is 2.31. The molecule has 27 heavy (non-hydrogen) atoms. The molecule has 0 atom stereocenters. The van der Waals surface area contributed by atoms with Gasteiger partial charge < -0.3 is 24.2 Å². The molecule has 2 fully saturated rings. The highest BCUT2D eigenvalue weighted by molar-refractivity contribution is 14.1. The molecule has 2 saturated heterocycles. The van der Waals surface area contributed by atoms with Crippen molar-refractivity contribution in [2.45, 2.75) is 0 Å². The van der Waals surface area contributed by atoms with E-state index in [9.17, 15) is 14.4 Å². The molecule has 2 heterocycles. The average molecular weight is 487 g/mol. The van der Waals surface area contributed by atoms with Crippen LogP contribution in [0.4, 0.5) is 0 Å². The number of hydrogen-bond acceptors (Lipinski definition) is 5. The maximum Gasteiger partial charge on any atom is 0.312 e. The van der Waals surface area contributed by atoms with Crippen molar-refractivity contribution in [3.63, 3.8) is 0 Å². The molecule has 0 unspecified atom stereocenters. The summed E-state index contributed by atoms with van der Waals surface area (Å²) in [6.07, 6.45) is 0. The number of carbonyl (C=O) groups excluding carboxylic acids is 3. The number of carbonyl (C=O) groups is 3. The highest BCUT2D eigenvalue weighted by atomic mass is 127. The molecule has 2 aliphatic rings. The Bertz CT molecular complexity index is 683. The Morgan fingerprint density at radius 2 is 1.37 bits per heavy atom. The van der Waals surface area contributed by atoms with E-state index in [0.717, 1.165) is 3.57 Å². The molecule has 0 N–H and O–H groups in total. The van der Waals surface area contributed by atoms with Gasteiger partial charge in [0.1, 0.15) is 5.75 Å². The Labute approximate surface area is 171 Å². The molecule has 0 aromatic heterocycles. The number of piperazine rings is 1. The van der Waals surface area contributed by atoms with Gasteiger partial charge in [0.25, 0.3) is 5.91 Å². The monoisotopic (exact) mass is 487 g/mol. The Morgan fingerprint density at radius 3 is 1.96 bits per heavy atom. The van der Waals surface area contributed by atoms with Crippen LogP contribution in [0.25, 0.3) is 0 Å². The molecule has 3 amide bonds. The van der Waals surface area contributed by atoms with Gasteiger partial charge in [-0.25, -0.2) is 0 Å². The predicted octanol–water partition coefficient (Wildman–Crippen LogP) is 0.200. The van der Waals surface area contributed by atoms with Crippen LogP contribution in [0.15, 0.2) is 24.3 Å². The lowest BCUT2D eigenvalue weighted by Gasteiger charge is -2.35. The van der Waals surface area contributed by atoms with E-state index in [1.807, 2.05) is 24.3 Å². The number of morpholine rings is 1. The number of nitrogens with zero attached hydrogens (tertiary/aromatic N) is 3. The van der Waals surface area contributed by atoms with Crippen molar-refractivity contribution in [1.29, 1.82) is 0 Å². The fraction of sp³-hybridized carbons (Fsp3) is 0.500. The van der Waals surface area contributed by atoms with Gasteiger partial charge in [-0.1, -0.05) is 0 Å². The second-order valence-electron chi connectivity index (χ2n) is 6.32. The molecule has 0 spiro atoms. The van der Waals surface area contributed by atoms with Gasteiger partial charge in [-0.15, -0.1) is 0 Å². The predicted molar refractivity (Wildman–Crippen MR) is 105 cm³/mol. The Kier molecular flexibility index (Phi) is 6.89. The van der Waals surface area contributed by atoms with Crippen molar-refractivity contribution in [3.05, 3.63) is 27.8 Å². The molecule has 146 valence electrons. The zero-order valence-corrected chi connectivity index (χ0v) is 17.1. The zero-order chi connectivity index (χ0) is 19.2. The second-order valence-corrected chi connectivity index (χ2v) is 7.57. The van der Waals surface area contributed by atoms with Gasteiger partial charge in [-0.3, -0.25) is 14.4 Å². The maximum absolute atomic E-state index is 12.4. The minimum atomic E-state index is -0.501. The molecule has 0 saturated carbocycles. The second kappa shape index (κ2) is 9.36. The summed E-state index contributed by atoms with van der Waals surface area (Å²) in [5.41, 5.74) is 0. The normalized spacial score (nSPS) is 17.6. The summed E-state index contributed by atoms with van der Waals surface area (Å²) >= 11 is 2.20. The van der Waals surface area contributed by atoms with E-state index in [2.05, 4.69) is 22.6 Å². The number of ether oxygens (including phenoxy) is 2. The van der Waals surface area contributed by atoms with E-state index < -0.39 is 11.8 Å². The topological polar surface area (TPSA) is 79.4 Å². The highest BCUT2D eigenvalue weighted by Crippen LogP contribution is 2.14. The van der Waals surface area contributed by atoms with Crippen molar-refractivity contribution < 1.29 is 23.9 Å². The molecule has 0 bridgehead atoms. The first-order chi connectivity index (χ1) is 13.0. The fourth-order valence-corrected chi connectivity index (χ4v) is 3.32. The van der Waals surface area contributed by atoms with Crippen LogP contribution in [-0.4, -0.2) is 91.5 Å². The Balaban J connectivity index is 1.43. The molecule has 1 aromatic carbocycles. The van der Waals surface area contributed by atoms with Crippen LogP contribution in [0.2, 0.25) is 0 Å². The number of amides is 3. The van der Waals surface area contributed by atoms with E-state index in [0.29, 0.717) is 58.2 Å². The smallest absolute Gasteiger partial charge is 0.312 e. The van der Waals surface area contributed by atoms with Gasteiger partial charge in [0.15, 0.2) is 6.61 Å². The van der Waals surface area contributed by atoms with Crippen LogP contribution < -0.4 is 4.74 Å². The molecular formula is C18H22IN3O5. The standard InChI is InChI=1S/C18H22IN3O5/c19-14-1-3-15(4-2-14)27-13-16(23)20-5-7-21(8-6-20)17(24)18(25)22-9-11-26-12-10-22/h1-4H,5-13H2. The van der Waals surface area contributed by atoms with Gasteiger partial charge in [-0.2, -0.15) is 0 Å². The van der Waals surface area contributed by atoms with E-state index in [1.165, 1.54) is 9.80 Å². The van der Waals surface area contributed by atoms with Gasteiger partial charge in [0, 0.05) is 42.8 Å². The van der Waals surface area contributed by atoms with E-state index in [1.54, 1.807) is 4.90 Å². The van der Waals surface area contributed by atoms with Crippen molar-refractivity contribution in [2.75, 3.05) is 59.1 Å². The van der Waals surface area contributed by atoms with Gasteiger partial charge in [0.05, 0.1) is 13.2 Å². The summed E-state index contributed by atoms with van der Waals surface area (Å²) in [6, 6.07) is 7.47. The Hall–Kier alpha value is -1.88. The van der Waals surface area contributed by atoms with Crippen LogP contribution >= 0.6 is 22.6 Å². The molecule has 8 nitrogen and oxygen atoms in total. The molecule has 0 radical (unpaired) electrons. The summed E-state index contributed by atoms with van der Waals surface area (Å²) < 4.78 is 11.8. The summed E-state index contributed by atoms with van der Waals surface area (Å²) in [7, 11) is 0. The minimum absolute atomic E-state index is 0.0404. The molecule has 9 heteroatoms. The summed E-state index contributed by atoms with van der Waals surface area (Å²) in [5.74, 6) is -0.465. The third kappa shape index (κ3) is 5.32. The molecule has 2 aliphatic heterocycles. The van der Waals surface area contributed by atoms with Crippen LogP contribution in [-0.2, 0) is 19.1 Å². The molecule has 3 rings (SSSR count). The minimum Gasteiger partial charge on any atom is -0.484 e. The average Bonchev–Trinajstić information content (AvgIpc) is 2.73. The molecular weight excluding hydrogens is 465 g/mol. The number of hydrogen-bond donors (Lipinski definition) is 0. The van der Waals surface area contributed by atoms with E-state index in [-0.39, 0.29) is 12.5 Å². The third-order valence-electron chi connectivity index (χ3n) is 4.58. The van der Waals surface area contributed by atoms with Crippen molar-refractivity contribution in [2.24, 2.45) is 0 Å². The van der Waals surface area contributed by atoms with Crippen LogP contribution in [0.5, 0.6) is 5.75 Å².